The molecule has 0 aliphatic heterocycles. The molecule has 1 aliphatic carbocycles. The topological polar surface area (TPSA) is 46.2 Å². The molecule has 0 bridgehead atoms. The van der Waals surface area contributed by atoms with Crippen LogP contribution in [-0.4, -0.2) is 16.2 Å². The van der Waals surface area contributed by atoms with Crippen molar-refractivity contribution in [1.29, 1.82) is 0 Å². The van der Waals surface area contributed by atoms with E-state index in [-0.39, 0.29) is 5.54 Å². The SMILES string of the molecule is CC(C)(O)C1(N)CCCCCCC1. The minimum Gasteiger partial charge on any atom is -0.389 e. The van der Waals surface area contributed by atoms with Crippen LogP contribution in [0.1, 0.15) is 58.8 Å². The molecule has 0 heterocycles. The number of hydrogen-bond donors (Lipinski definition) is 2. The van der Waals surface area contributed by atoms with Crippen molar-refractivity contribution < 1.29 is 5.11 Å². The molecule has 1 saturated carbocycles. The molecule has 2 heteroatoms. The van der Waals surface area contributed by atoms with Crippen molar-refractivity contribution in [2.24, 2.45) is 5.73 Å². The van der Waals surface area contributed by atoms with Crippen LogP contribution < -0.4 is 5.73 Å². The van der Waals surface area contributed by atoms with Gasteiger partial charge in [-0.15, -0.1) is 0 Å². The Hall–Kier alpha value is -0.0800. The quantitative estimate of drug-likeness (QED) is 0.658. The second-order valence-electron chi connectivity index (χ2n) is 4.98. The van der Waals surface area contributed by atoms with Crippen LogP contribution in [0.5, 0.6) is 0 Å². The zero-order valence-corrected chi connectivity index (χ0v) is 8.97. The molecule has 3 N–H and O–H groups in total. The van der Waals surface area contributed by atoms with E-state index in [1.165, 1.54) is 32.1 Å². The first-order valence-electron chi connectivity index (χ1n) is 5.47. The Morgan fingerprint density at radius 3 is 1.77 bits per heavy atom. The highest BCUT2D eigenvalue weighted by molar-refractivity contribution is 4.98. The molecule has 0 spiro atoms. The Balaban J connectivity index is 2.62. The smallest absolute Gasteiger partial charge is 0.0770 e. The summed E-state index contributed by atoms with van der Waals surface area (Å²) in [6.07, 6.45) is 8.15. The lowest BCUT2D eigenvalue weighted by Crippen LogP contribution is -2.57. The van der Waals surface area contributed by atoms with Gasteiger partial charge in [0.1, 0.15) is 0 Å². The number of hydrogen-bond acceptors (Lipinski definition) is 2. The van der Waals surface area contributed by atoms with Crippen LogP contribution in [0.2, 0.25) is 0 Å². The Morgan fingerprint density at radius 1 is 1.00 bits per heavy atom. The minimum absolute atomic E-state index is 0.354. The second-order valence-corrected chi connectivity index (χ2v) is 4.98. The van der Waals surface area contributed by atoms with Crippen LogP contribution in [0.4, 0.5) is 0 Å². The van der Waals surface area contributed by atoms with E-state index in [1.54, 1.807) is 0 Å². The van der Waals surface area contributed by atoms with Gasteiger partial charge in [-0.05, 0) is 26.7 Å². The molecule has 0 unspecified atom stereocenters. The summed E-state index contributed by atoms with van der Waals surface area (Å²) in [6, 6.07) is 0. The first kappa shape index (κ1) is 11.0. The average molecular weight is 185 g/mol. The van der Waals surface area contributed by atoms with Crippen molar-refractivity contribution in [2.75, 3.05) is 0 Å². The number of aliphatic hydroxyl groups is 1. The molecule has 0 amide bonds. The fraction of sp³-hybridized carbons (Fsp3) is 1.00. The van der Waals surface area contributed by atoms with Crippen LogP contribution >= 0.6 is 0 Å². The minimum atomic E-state index is -0.732. The summed E-state index contributed by atoms with van der Waals surface area (Å²) < 4.78 is 0. The van der Waals surface area contributed by atoms with E-state index in [0.717, 1.165) is 12.8 Å². The lowest BCUT2D eigenvalue weighted by molar-refractivity contribution is -0.0151. The number of rotatable bonds is 1. The van der Waals surface area contributed by atoms with E-state index in [9.17, 15) is 5.11 Å². The molecule has 1 aliphatic rings. The van der Waals surface area contributed by atoms with Gasteiger partial charge in [0.05, 0.1) is 5.60 Å². The summed E-state index contributed by atoms with van der Waals surface area (Å²) in [5.41, 5.74) is 5.17. The molecule has 0 aromatic rings. The zero-order chi connectivity index (χ0) is 9.95. The Morgan fingerprint density at radius 2 is 1.38 bits per heavy atom. The Kier molecular flexibility index (Phi) is 3.36. The lowest BCUT2D eigenvalue weighted by Gasteiger charge is -2.41. The zero-order valence-electron chi connectivity index (χ0n) is 8.97. The van der Waals surface area contributed by atoms with Gasteiger partial charge in [0.2, 0.25) is 0 Å². The molecule has 78 valence electrons. The third-order valence-corrected chi connectivity index (χ3v) is 3.46. The summed E-state index contributed by atoms with van der Waals surface area (Å²) >= 11 is 0. The van der Waals surface area contributed by atoms with Crippen molar-refractivity contribution in [3.63, 3.8) is 0 Å². The standard InChI is InChI=1S/C11H23NO/c1-10(2,13)11(12)8-6-4-3-5-7-9-11/h13H,3-9,12H2,1-2H3. The maximum absolute atomic E-state index is 9.99. The predicted octanol–water partition coefficient (Wildman–Crippen LogP) is 2.20. The van der Waals surface area contributed by atoms with Crippen LogP contribution in [0, 0.1) is 0 Å². The summed E-state index contributed by atoms with van der Waals surface area (Å²) in [6.45, 7) is 3.68. The molecule has 1 fully saturated rings. The largest absolute Gasteiger partial charge is 0.389 e. The molecule has 13 heavy (non-hydrogen) atoms. The van der Waals surface area contributed by atoms with E-state index in [0.29, 0.717) is 0 Å². The maximum Gasteiger partial charge on any atom is 0.0770 e. The van der Waals surface area contributed by atoms with Gasteiger partial charge in [-0.2, -0.15) is 0 Å². The molecule has 0 atom stereocenters. The van der Waals surface area contributed by atoms with Crippen molar-refractivity contribution in [3.8, 4) is 0 Å². The first-order valence-corrected chi connectivity index (χ1v) is 5.47. The molecule has 1 rings (SSSR count). The van der Waals surface area contributed by atoms with Crippen LogP contribution in [0.25, 0.3) is 0 Å². The van der Waals surface area contributed by atoms with E-state index in [2.05, 4.69) is 0 Å². The van der Waals surface area contributed by atoms with Crippen molar-refractivity contribution in [1.82, 2.24) is 0 Å². The lowest BCUT2D eigenvalue weighted by atomic mass is 9.74. The van der Waals surface area contributed by atoms with Gasteiger partial charge in [0.25, 0.3) is 0 Å². The van der Waals surface area contributed by atoms with Gasteiger partial charge in [-0.3, -0.25) is 0 Å². The molecular formula is C11H23NO. The van der Waals surface area contributed by atoms with E-state index in [4.69, 9.17) is 5.73 Å². The molecule has 0 saturated heterocycles. The first-order chi connectivity index (χ1) is 5.96. The molecule has 0 aromatic carbocycles. The fourth-order valence-corrected chi connectivity index (χ4v) is 2.15. The van der Waals surface area contributed by atoms with Gasteiger partial charge < -0.3 is 10.8 Å². The molecule has 0 radical (unpaired) electrons. The Bertz CT molecular complexity index is 152. The highest BCUT2D eigenvalue weighted by atomic mass is 16.3. The van der Waals surface area contributed by atoms with Gasteiger partial charge >= 0.3 is 0 Å². The van der Waals surface area contributed by atoms with Gasteiger partial charge in [-0.1, -0.05) is 32.1 Å². The van der Waals surface area contributed by atoms with Gasteiger partial charge in [-0.25, -0.2) is 0 Å². The van der Waals surface area contributed by atoms with Gasteiger partial charge in [0, 0.05) is 5.54 Å². The van der Waals surface area contributed by atoms with Crippen LogP contribution in [0.15, 0.2) is 0 Å². The predicted molar refractivity (Wildman–Crippen MR) is 55.5 cm³/mol. The van der Waals surface area contributed by atoms with E-state index < -0.39 is 5.60 Å². The molecule has 2 nitrogen and oxygen atoms in total. The monoisotopic (exact) mass is 185 g/mol. The van der Waals surface area contributed by atoms with Crippen LogP contribution in [-0.2, 0) is 0 Å². The third-order valence-electron chi connectivity index (χ3n) is 3.46. The molecular weight excluding hydrogens is 162 g/mol. The summed E-state index contributed by atoms with van der Waals surface area (Å²) in [7, 11) is 0. The third kappa shape index (κ3) is 2.68. The highest BCUT2D eigenvalue weighted by Crippen LogP contribution is 2.32. The van der Waals surface area contributed by atoms with E-state index in [1.807, 2.05) is 13.8 Å². The second kappa shape index (κ2) is 3.97. The number of nitrogens with two attached hydrogens (primary N) is 1. The highest BCUT2D eigenvalue weighted by Gasteiger charge is 2.39. The molecule has 0 aromatic heterocycles. The average Bonchev–Trinajstić information content (AvgIpc) is 1.94. The summed E-state index contributed by atoms with van der Waals surface area (Å²) in [5.74, 6) is 0. The summed E-state index contributed by atoms with van der Waals surface area (Å²) in [4.78, 5) is 0. The fourth-order valence-electron chi connectivity index (χ4n) is 2.15. The van der Waals surface area contributed by atoms with Crippen molar-refractivity contribution in [2.45, 2.75) is 69.9 Å². The van der Waals surface area contributed by atoms with Crippen LogP contribution in [0.3, 0.4) is 0 Å². The summed E-state index contributed by atoms with van der Waals surface area (Å²) in [5, 5.41) is 9.99. The van der Waals surface area contributed by atoms with Crippen molar-refractivity contribution in [3.05, 3.63) is 0 Å². The van der Waals surface area contributed by atoms with E-state index >= 15 is 0 Å². The van der Waals surface area contributed by atoms with Crippen molar-refractivity contribution >= 4 is 0 Å². The van der Waals surface area contributed by atoms with Gasteiger partial charge in [0.15, 0.2) is 0 Å². The maximum atomic E-state index is 9.99. The Labute approximate surface area is 81.5 Å². The normalized spacial score (nSPS) is 24.9.